The van der Waals surface area contributed by atoms with Crippen molar-refractivity contribution in [1.82, 2.24) is 5.32 Å². The minimum absolute atomic E-state index is 0.0513. The second-order valence-corrected chi connectivity index (χ2v) is 20.3. The number of hydrogen-bond donors (Lipinski definition) is 3. The summed E-state index contributed by atoms with van der Waals surface area (Å²) in [6, 6.07) is -0.870. The third-order valence-corrected chi connectivity index (χ3v) is 12.3. The van der Waals surface area contributed by atoms with Crippen LogP contribution in [0.25, 0.3) is 0 Å². The average Bonchev–Trinajstić information content (AvgIpc) is 3.26. The van der Waals surface area contributed by atoms with Crippen LogP contribution in [0.2, 0.25) is 0 Å². The Labute approximate surface area is 401 Å². The van der Waals surface area contributed by atoms with Gasteiger partial charge < -0.3 is 19.8 Å². The Bertz CT molecular complexity index is 1330. The minimum atomic E-state index is -4.35. The van der Waals surface area contributed by atoms with Crippen molar-refractivity contribution in [2.75, 3.05) is 40.9 Å². The molecule has 0 saturated heterocycles. The van der Waals surface area contributed by atoms with Crippen molar-refractivity contribution in [3.63, 3.8) is 0 Å². The molecule has 3 unspecified atom stereocenters. The number of phosphoric acid groups is 1. The van der Waals surface area contributed by atoms with Crippen molar-refractivity contribution in [3.05, 3.63) is 85.1 Å². The zero-order valence-corrected chi connectivity index (χ0v) is 43.6. The average molecular weight is 930 g/mol. The van der Waals surface area contributed by atoms with Crippen molar-refractivity contribution >= 4 is 13.7 Å². The number of hydrogen-bond acceptors (Lipinski definition) is 5. The van der Waals surface area contributed by atoms with Crippen LogP contribution in [0.5, 0.6) is 0 Å². The van der Waals surface area contributed by atoms with E-state index in [9.17, 15) is 19.4 Å². The van der Waals surface area contributed by atoms with Gasteiger partial charge in [0.2, 0.25) is 5.91 Å². The fourth-order valence-electron chi connectivity index (χ4n) is 7.25. The Morgan fingerprint density at radius 3 is 1.35 bits per heavy atom. The number of phosphoric ester groups is 1. The van der Waals surface area contributed by atoms with Crippen molar-refractivity contribution in [1.29, 1.82) is 0 Å². The van der Waals surface area contributed by atoms with Gasteiger partial charge in [-0.15, -0.1) is 0 Å². The monoisotopic (exact) mass is 930 g/mol. The molecule has 0 aromatic heterocycles. The number of aliphatic hydroxyl groups excluding tert-OH is 1. The van der Waals surface area contributed by atoms with Gasteiger partial charge in [-0.3, -0.25) is 13.8 Å². The molecule has 0 aliphatic heterocycles. The third-order valence-electron chi connectivity index (χ3n) is 11.3. The molecule has 65 heavy (non-hydrogen) atoms. The van der Waals surface area contributed by atoms with E-state index < -0.39 is 20.0 Å². The molecule has 1 amide bonds. The molecule has 0 aliphatic carbocycles. The lowest BCUT2D eigenvalue weighted by molar-refractivity contribution is -0.870. The van der Waals surface area contributed by atoms with Gasteiger partial charge in [0.1, 0.15) is 13.2 Å². The van der Waals surface area contributed by atoms with Gasteiger partial charge in [-0.25, -0.2) is 4.57 Å². The van der Waals surface area contributed by atoms with E-state index in [1.54, 1.807) is 6.08 Å². The number of nitrogens with one attached hydrogen (secondary N) is 1. The molecule has 0 rings (SSSR count). The molecule has 0 bridgehead atoms. The van der Waals surface area contributed by atoms with E-state index in [2.05, 4.69) is 92.1 Å². The molecule has 9 heteroatoms. The Morgan fingerprint density at radius 2 is 0.892 bits per heavy atom. The molecule has 0 fully saturated rings. The van der Waals surface area contributed by atoms with Crippen molar-refractivity contribution in [3.8, 4) is 0 Å². The van der Waals surface area contributed by atoms with E-state index in [4.69, 9.17) is 9.05 Å². The minimum Gasteiger partial charge on any atom is -0.387 e. The van der Waals surface area contributed by atoms with Gasteiger partial charge in [0, 0.05) is 6.42 Å². The van der Waals surface area contributed by atoms with Gasteiger partial charge in [0.25, 0.3) is 0 Å². The molecule has 0 aromatic rings. The van der Waals surface area contributed by atoms with Crippen molar-refractivity contribution < 1.29 is 32.9 Å². The number of likely N-dealkylation sites (N-methyl/N-ethyl adjacent to an activating group) is 1. The maximum absolute atomic E-state index is 12.9. The number of aliphatic hydroxyl groups is 1. The zero-order chi connectivity index (χ0) is 47.8. The Hall–Kier alpha value is -2.32. The maximum Gasteiger partial charge on any atom is 0.472 e. The summed E-state index contributed by atoms with van der Waals surface area (Å²) in [5.41, 5.74) is 0. The largest absolute Gasteiger partial charge is 0.472 e. The first kappa shape index (κ1) is 62.7. The molecule has 376 valence electrons. The SMILES string of the molecule is CC/C=C\C/C=C\C/C=C\C/C=C\CCCCCCCCCCCCCCCCCCCCCCC(=O)NC(COP(=O)(O)OCC[N+](C)(C)C)C(O)/C=C/CC/C=C/CC/C=C/CC. The molecule has 0 aromatic carbocycles. The van der Waals surface area contributed by atoms with Crippen LogP contribution < -0.4 is 5.32 Å². The van der Waals surface area contributed by atoms with Crippen molar-refractivity contribution in [2.24, 2.45) is 0 Å². The number of unbranched alkanes of at least 4 members (excludes halogenated alkanes) is 22. The molecule has 0 aliphatic rings. The van der Waals surface area contributed by atoms with Crippen LogP contribution in [0.1, 0.15) is 213 Å². The quantitative estimate of drug-likeness (QED) is 0.0243. The van der Waals surface area contributed by atoms with E-state index in [1.165, 1.54) is 116 Å². The van der Waals surface area contributed by atoms with Gasteiger partial charge in [0.05, 0.1) is 39.9 Å². The molecule has 0 saturated carbocycles. The molecule has 0 radical (unpaired) electrons. The highest BCUT2D eigenvalue weighted by Gasteiger charge is 2.27. The van der Waals surface area contributed by atoms with Gasteiger partial charge in [-0.2, -0.15) is 0 Å². The number of carbonyl (C=O) groups excluding carboxylic acids is 1. The number of nitrogens with zero attached hydrogens (tertiary/aromatic N) is 1. The lowest BCUT2D eigenvalue weighted by atomic mass is 10.0. The summed E-state index contributed by atoms with van der Waals surface area (Å²) >= 11 is 0. The smallest absolute Gasteiger partial charge is 0.387 e. The van der Waals surface area contributed by atoms with Gasteiger partial charge in [0.15, 0.2) is 0 Å². The standard InChI is InChI=1S/C56H101N2O6P/c1-6-8-10-12-14-16-18-19-20-21-22-23-24-25-26-27-28-29-30-31-32-33-34-35-36-37-38-39-40-42-44-46-48-50-56(60)57-54(53-64-65(61,62)63-52-51-58(3,4)5)55(59)49-47-45-43-41-17-15-13-11-9-7-2/h8-11,14,16-17,19-20,22-23,41,47,49,54-55,59H,6-7,12-13,15,18,21,24-40,42-46,48,50-53H2,1-5H3,(H-,57,60,61,62)/p+1/b10-8-,11-9+,16-14-,20-19-,23-22-,41-17+,49-47+. The highest BCUT2D eigenvalue weighted by atomic mass is 31.2. The van der Waals surface area contributed by atoms with E-state index in [1.807, 2.05) is 27.2 Å². The van der Waals surface area contributed by atoms with Crippen molar-refractivity contribution in [2.45, 2.75) is 225 Å². The Balaban J connectivity index is 3.99. The topological polar surface area (TPSA) is 105 Å². The summed E-state index contributed by atoms with van der Waals surface area (Å²) in [5, 5.41) is 13.8. The van der Waals surface area contributed by atoms with Crippen LogP contribution >= 0.6 is 7.82 Å². The molecular formula is C56H102N2O6P+. The van der Waals surface area contributed by atoms with Crippen LogP contribution in [-0.4, -0.2) is 73.4 Å². The molecule has 3 N–H and O–H groups in total. The number of quaternary nitrogens is 1. The molecular weight excluding hydrogens is 828 g/mol. The van der Waals surface area contributed by atoms with E-state index in [0.717, 1.165) is 77.0 Å². The second kappa shape index (κ2) is 46.8. The number of amides is 1. The van der Waals surface area contributed by atoms with Gasteiger partial charge >= 0.3 is 7.82 Å². The van der Waals surface area contributed by atoms with Crippen LogP contribution in [0.4, 0.5) is 0 Å². The predicted molar refractivity (Wildman–Crippen MR) is 281 cm³/mol. The number of allylic oxidation sites excluding steroid dienone is 13. The first-order valence-corrected chi connectivity index (χ1v) is 28.0. The second-order valence-electron chi connectivity index (χ2n) is 18.8. The molecule has 0 heterocycles. The lowest BCUT2D eigenvalue weighted by Gasteiger charge is -2.25. The fourth-order valence-corrected chi connectivity index (χ4v) is 7.98. The van der Waals surface area contributed by atoms with Gasteiger partial charge in [-0.1, -0.05) is 214 Å². The van der Waals surface area contributed by atoms with E-state index >= 15 is 0 Å². The van der Waals surface area contributed by atoms with Crippen LogP contribution in [-0.2, 0) is 18.4 Å². The Morgan fingerprint density at radius 1 is 0.523 bits per heavy atom. The Kier molecular flexibility index (Phi) is 45.1. The highest BCUT2D eigenvalue weighted by molar-refractivity contribution is 7.47. The van der Waals surface area contributed by atoms with E-state index in [0.29, 0.717) is 17.4 Å². The number of rotatable bonds is 47. The van der Waals surface area contributed by atoms with Crippen LogP contribution in [0.3, 0.4) is 0 Å². The zero-order valence-electron chi connectivity index (χ0n) is 42.7. The summed E-state index contributed by atoms with van der Waals surface area (Å²) in [7, 11) is 1.54. The number of carbonyl (C=O) groups is 1. The normalized spacial score (nSPS) is 14.8. The first-order valence-electron chi connectivity index (χ1n) is 26.5. The molecule has 0 spiro atoms. The maximum atomic E-state index is 12.9. The summed E-state index contributed by atoms with van der Waals surface area (Å²) in [4.78, 5) is 23.1. The highest BCUT2D eigenvalue weighted by Crippen LogP contribution is 2.43. The lowest BCUT2D eigenvalue weighted by Crippen LogP contribution is -2.45. The molecule has 3 atom stereocenters. The molecule has 8 nitrogen and oxygen atoms in total. The first-order chi connectivity index (χ1) is 31.5. The van der Waals surface area contributed by atoms with E-state index in [-0.39, 0.29) is 19.1 Å². The summed E-state index contributed by atoms with van der Waals surface area (Å²) in [6.45, 7) is 4.54. The predicted octanol–water partition coefficient (Wildman–Crippen LogP) is 15.7. The van der Waals surface area contributed by atoms with Crippen LogP contribution in [0.15, 0.2) is 85.1 Å². The summed E-state index contributed by atoms with van der Waals surface area (Å²) in [6.07, 6.45) is 65.7. The van der Waals surface area contributed by atoms with Gasteiger partial charge in [-0.05, 0) is 77.0 Å². The third kappa shape index (κ3) is 49.4. The van der Waals surface area contributed by atoms with Crippen LogP contribution in [0, 0.1) is 0 Å². The summed E-state index contributed by atoms with van der Waals surface area (Å²) in [5.74, 6) is -0.194. The fraction of sp³-hybridized carbons (Fsp3) is 0.732. The summed E-state index contributed by atoms with van der Waals surface area (Å²) < 4.78 is 23.5.